The van der Waals surface area contributed by atoms with Crippen molar-refractivity contribution in [2.45, 2.75) is 33.2 Å². The maximum atomic E-state index is 6.10. The standard InChI is InChI=1S/C13H19N5O2/c1-13(2,3)9(14)7-11-15-12(18-20-11)8-5-6-10(19-4)17-16-8/h5-6,9H,7,14H2,1-4H3. The van der Waals surface area contributed by atoms with Crippen LogP contribution in [0.2, 0.25) is 0 Å². The Kier molecular flexibility index (Phi) is 3.99. The van der Waals surface area contributed by atoms with Crippen LogP contribution in [0, 0.1) is 5.41 Å². The van der Waals surface area contributed by atoms with E-state index in [1.165, 1.54) is 7.11 Å². The van der Waals surface area contributed by atoms with Gasteiger partial charge in [-0.3, -0.25) is 0 Å². The lowest BCUT2D eigenvalue weighted by atomic mass is 9.85. The van der Waals surface area contributed by atoms with Crippen molar-refractivity contribution in [1.29, 1.82) is 0 Å². The molecule has 2 heterocycles. The van der Waals surface area contributed by atoms with E-state index in [4.69, 9.17) is 15.0 Å². The second kappa shape index (κ2) is 5.54. The summed E-state index contributed by atoms with van der Waals surface area (Å²) >= 11 is 0. The van der Waals surface area contributed by atoms with E-state index in [-0.39, 0.29) is 11.5 Å². The van der Waals surface area contributed by atoms with Gasteiger partial charge >= 0.3 is 0 Å². The van der Waals surface area contributed by atoms with E-state index >= 15 is 0 Å². The van der Waals surface area contributed by atoms with Crippen molar-refractivity contribution < 1.29 is 9.26 Å². The minimum Gasteiger partial charge on any atom is -0.480 e. The lowest BCUT2D eigenvalue weighted by Gasteiger charge is -2.25. The van der Waals surface area contributed by atoms with Gasteiger partial charge in [-0.25, -0.2) is 0 Å². The first-order valence-electron chi connectivity index (χ1n) is 6.36. The van der Waals surface area contributed by atoms with Crippen LogP contribution in [-0.2, 0) is 6.42 Å². The molecule has 0 aliphatic rings. The summed E-state index contributed by atoms with van der Waals surface area (Å²) in [6.45, 7) is 6.22. The molecular formula is C13H19N5O2. The van der Waals surface area contributed by atoms with Crippen molar-refractivity contribution in [1.82, 2.24) is 20.3 Å². The van der Waals surface area contributed by atoms with E-state index in [0.717, 1.165) is 0 Å². The van der Waals surface area contributed by atoms with E-state index in [9.17, 15) is 0 Å². The van der Waals surface area contributed by atoms with Crippen LogP contribution in [0.15, 0.2) is 16.7 Å². The molecule has 0 saturated carbocycles. The summed E-state index contributed by atoms with van der Waals surface area (Å²) in [6.07, 6.45) is 0.528. The number of aromatic nitrogens is 4. The molecule has 2 aromatic rings. The second-order valence-electron chi connectivity index (χ2n) is 5.65. The molecule has 108 valence electrons. The van der Waals surface area contributed by atoms with Gasteiger partial charge in [0, 0.05) is 18.5 Å². The van der Waals surface area contributed by atoms with Gasteiger partial charge in [0.25, 0.3) is 0 Å². The van der Waals surface area contributed by atoms with Crippen molar-refractivity contribution in [3.05, 3.63) is 18.0 Å². The molecule has 0 bridgehead atoms. The van der Waals surface area contributed by atoms with Crippen molar-refractivity contribution in [2.24, 2.45) is 11.1 Å². The normalized spacial score (nSPS) is 13.2. The Balaban J connectivity index is 2.12. The largest absolute Gasteiger partial charge is 0.480 e. The molecule has 0 aliphatic heterocycles. The first kappa shape index (κ1) is 14.4. The number of hydrogen-bond acceptors (Lipinski definition) is 7. The summed E-state index contributed by atoms with van der Waals surface area (Å²) in [4.78, 5) is 4.29. The number of ether oxygens (including phenoxy) is 1. The average Bonchev–Trinajstić information content (AvgIpc) is 2.86. The van der Waals surface area contributed by atoms with Gasteiger partial charge in [-0.1, -0.05) is 25.9 Å². The molecule has 2 aromatic heterocycles. The summed E-state index contributed by atoms with van der Waals surface area (Å²) in [5, 5.41) is 11.7. The van der Waals surface area contributed by atoms with Crippen molar-refractivity contribution in [3.8, 4) is 17.4 Å². The maximum absolute atomic E-state index is 6.10. The highest BCUT2D eigenvalue weighted by Crippen LogP contribution is 2.21. The smallest absolute Gasteiger partial charge is 0.233 e. The van der Waals surface area contributed by atoms with Gasteiger partial charge in [0.1, 0.15) is 5.69 Å². The molecule has 2 N–H and O–H groups in total. The first-order chi connectivity index (χ1) is 9.40. The maximum Gasteiger partial charge on any atom is 0.233 e. The van der Waals surface area contributed by atoms with E-state index in [2.05, 4.69) is 41.1 Å². The summed E-state index contributed by atoms with van der Waals surface area (Å²) in [5.41, 5.74) is 6.61. The van der Waals surface area contributed by atoms with Crippen LogP contribution in [-0.4, -0.2) is 33.5 Å². The Labute approximate surface area is 117 Å². The zero-order valence-electron chi connectivity index (χ0n) is 12.1. The van der Waals surface area contributed by atoms with Crippen molar-refractivity contribution >= 4 is 0 Å². The molecule has 0 amide bonds. The molecule has 0 aliphatic carbocycles. The van der Waals surface area contributed by atoms with Gasteiger partial charge in [0.05, 0.1) is 7.11 Å². The zero-order chi connectivity index (χ0) is 14.8. The molecule has 7 nitrogen and oxygen atoms in total. The molecule has 0 fully saturated rings. The highest BCUT2D eigenvalue weighted by atomic mass is 16.5. The van der Waals surface area contributed by atoms with Gasteiger partial charge in [0.2, 0.25) is 17.6 Å². The Morgan fingerprint density at radius 1 is 1.30 bits per heavy atom. The fraction of sp³-hybridized carbons (Fsp3) is 0.538. The monoisotopic (exact) mass is 277 g/mol. The number of rotatable bonds is 4. The molecule has 20 heavy (non-hydrogen) atoms. The van der Waals surface area contributed by atoms with Crippen molar-refractivity contribution in [2.75, 3.05) is 7.11 Å². The molecule has 0 radical (unpaired) electrons. The third-order valence-electron chi connectivity index (χ3n) is 3.05. The van der Waals surface area contributed by atoms with Gasteiger partial charge in [0.15, 0.2) is 0 Å². The molecule has 1 atom stereocenters. The van der Waals surface area contributed by atoms with Gasteiger partial charge in [-0.2, -0.15) is 4.98 Å². The topological polar surface area (TPSA) is 100.0 Å². The van der Waals surface area contributed by atoms with E-state index < -0.39 is 0 Å². The van der Waals surface area contributed by atoms with E-state index in [0.29, 0.717) is 29.7 Å². The highest BCUT2D eigenvalue weighted by Gasteiger charge is 2.23. The number of hydrogen-bond donors (Lipinski definition) is 1. The van der Waals surface area contributed by atoms with Gasteiger partial charge < -0.3 is 15.0 Å². The van der Waals surface area contributed by atoms with Crippen LogP contribution in [0.4, 0.5) is 0 Å². The van der Waals surface area contributed by atoms with E-state index in [1.807, 2.05) is 0 Å². The lowest BCUT2D eigenvalue weighted by Crippen LogP contribution is -2.36. The molecule has 0 spiro atoms. The molecule has 2 rings (SSSR count). The first-order valence-corrected chi connectivity index (χ1v) is 6.36. The average molecular weight is 277 g/mol. The molecule has 7 heteroatoms. The van der Waals surface area contributed by atoms with Crippen LogP contribution in [0.25, 0.3) is 11.5 Å². The van der Waals surface area contributed by atoms with Crippen LogP contribution in [0.1, 0.15) is 26.7 Å². The SMILES string of the molecule is COc1ccc(-c2noc(CC(N)C(C)(C)C)n2)nn1. The fourth-order valence-corrected chi connectivity index (χ4v) is 1.48. The quantitative estimate of drug-likeness (QED) is 0.902. The highest BCUT2D eigenvalue weighted by molar-refractivity contribution is 5.47. The second-order valence-corrected chi connectivity index (χ2v) is 5.65. The van der Waals surface area contributed by atoms with Gasteiger partial charge in [-0.15, -0.1) is 10.2 Å². The minimum atomic E-state index is -0.0576. The predicted molar refractivity (Wildman–Crippen MR) is 73.0 cm³/mol. The summed E-state index contributed by atoms with van der Waals surface area (Å²) in [7, 11) is 1.53. The number of nitrogens with two attached hydrogens (primary N) is 1. The van der Waals surface area contributed by atoms with Crippen LogP contribution in [0.5, 0.6) is 5.88 Å². The van der Waals surface area contributed by atoms with Crippen molar-refractivity contribution in [3.63, 3.8) is 0 Å². The lowest BCUT2D eigenvalue weighted by molar-refractivity contribution is 0.286. The summed E-state index contributed by atoms with van der Waals surface area (Å²) in [5.74, 6) is 1.34. The third kappa shape index (κ3) is 3.30. The van der Waals surface area contributed by atoms with Crippen LogP contribution < -0.4 is 10.5 Å². The Hall–Kier alpha value is -2.02. The summed E-state index contributed by atoms with van der Waals surface area (Å²) < 4.78 is 10.1. The third-order valence-corrected chi connectivity index (χ3v) is 3.05. The molecular weight excluding hydrogens is 258 g/mol. The zero-order valence-corrected chi connectivity index (χ0v) is 12.1. The fourth-order valence-electron chi connectivity index (χ4n) is 1.48. The number of nitrogens with zero attached hydrogens (tertiary/aromatic N) is 4. The number of methoxy groups -OCH3 is 1. The predicted octanol–water partition coefficient (Wildman–Crippen LogP) is 1.45. The van der Waals surface area contributed by atoms with Gasteiger partial charge in [-0.05, 0) is 11.5 Å². The van der Waals surface area contributed by atoms with Crippen LogP contribution >= 0.6 is 0 Å². The molecule has 1 unspecified atom stereocenters. The Morgan fingerprint density at radius 2 is 2.05 bits per heavy atom. The minimum absolute atomic E-state index is 0.0193. The molecule has 0 aromatic carbocycles. The molecule has 0 saturated heterocycles. The van der Waals surface area contributed by atoms with E-state index in [1.54, 1.807) is 12.1 Å². The Morgan fingerprint density at radius 3 is 2.60 bits per heavy atom. The van der Waals surface area contributed by atoms with Crippen LogP contribution in [0.3, 0.4) is 0 Å². The Bertz CT molecular complexity index is 559. The summed E-state index contributed by atoms with van der Waals surface area (Å²) in [6, 6.07) is 3.36.